The largest absolute Gasteiger partial charge is 0.416 e. The number of benzene rings is 2. The van der Waals surface area contributed by atoms with Crippen LogP contribution in [0.15, 0.2) is 48.7 Å². The minimum absolute atomic E-state index is 0.0908. The average Bonchev–Trinajstić information content (AvgIpc) is 2.95. The highest BCUT2D eigenvalue weighted by molar-refractivity contribution is 6.07. The van der Waals surface area contributed by atoms with Crippen LogP contribution in [0.3, 0.4) is 0 Å². The van der Waals surface area contributed by atoms with Gasteiger partial charge in [-0.1, -0.05) is 24.3 Å². The zero-order chi connectivity index (χ0) is 18.9. The zero-order valence-corrected chi connectivity index (χ0v) is 13.7. The standard InChI is InChI=1S/C19H16F4N2O/c20-8-9-25-11-15(18(24)26)17-13(2-1-3-16(17)25)10-12-4-6-14(7-5-12)19(21,22)23/h1-7,11H,8-10H2,(H2,24,26). The topological polar surface area (TPSA) is 48.0 Å². The summed E-state index contributed by atoms with van der Waals surface area (Å²) in [5.41, 5.74) is 7.08. The van der Waals surface area contributed by atoms with E-state index < -0.39 is 24.3 Å². The van der Waals surface area contributed by atoms with Crippen LogP contribution in [0.4, 0.5) is 17.6 Å². The van der Waals surface area contributed by atoms with Gasteiger partial charge in [0.25, 0.3) is 5.91 Å². The molecule has 0 spiro atoms. The zero-order valence-electron chi connectivity index (χ0n) is 13.7. The van der Waals surface area contributed by atoms with E-state index in [9.17, 15) is 22.4 Å². The van der Waals surface area contributed by atoms with Gasteiger partial charge in [0, 0.05) is 17.1 Å². The first-order valence-corrected chi connectivity index (χ1v) is 7.94. The van der Waals surface area contributed by atoms with Crippen molar-refractivity contribution >= 4 is 16.8 Å². The monoisotopic (exact) mass is 364 g/mol. The van der Waals surface area contributed by atoms with Crippen LogP contribution in [0.1, 0.15) is 27.0 Å². The number of hydrogen-bond acceptors (Lipinski definition) is 1. The van der Waals surface area contributed by atoms with E-state index in [1.54, 1.807) is 22.8 Å². The number of fused-ring (bicyclic) bond motifs is 1. The van der Waals surface area contributed by atoms with Crippen LogP contribution < -0.4 is 5.73 Å². The van der Waals surface area contributed by atoms with Crippen molar-refractivity contribution in [2.24, 2.45) is 5.73 Å². The lowest BCUT2D eigenvalue weighted by Gasteiger charge is -2.09. The first-order chi connectivity index (χ1) is 12.3. The Kier molecular flexibility index (Phi) is 4.71. The summed E-state index contributed by atoms with van der Waals surface area (Å²) in [6, 6.07) is 10.2. The predicted molar refractivity (Wildman–Crippen MR) is 90.7 cm³/mol. The van der Waals surface area contributed by atoms with Crippen molar-refractivity contribution in [2.45, 2.75) is 19.1 Å². The highest BCUT2D eigenvalue weighted by Crippen LogP contribution is 2.31. The third-order valence-electron chi connectivity index (χ3n) is 4.26. The number of carbonyl (C=O) groups excluding carboxylic acids is 1. The minimum atomic E-state index is -4.39. The number of halogens is 4. The van der Waals surface area contributed by atoms with Crippen molar-refractivity contribution < 1.29 is 22.4 Å². The van der Waals surface area contributed by atoms with E-state index in [-0.39, 0.29) is 12.1 Å². The molecular weight excluding hydrogens is 348 g/mol. The van der Waals surface area contributed by atoms with E-state index in [0.29, 0.717) is 22.9 Å². The van der Waals surface area contributed by atoms with E-state index in [4.69, 9.17) is 5.73 Å². The van der Waals surface area contributed by atoms with Crippen LogP contribution >= 0.6 is 0 Å². The molecule has 0 aliphatic rings. The van der Waals surface area contributed by atoms with Crippen LogP contribution in [0.5, 0.6) is 0 Å². The Morgan fingerprint density at radius 3 is 2.35 bits per heavy atom. The highest BCUT2D eigenvalue weighted by Gasteiger charge is 2.30. The summed E-state index contributed by atoms with van der Waals surface area (Å²) >= 11 is 0. The first kappa shape index (κ1) is 18.0. The molecule has 2 aromatic carbocycles. The molecule has 7 heteroatoms. The lowest BCUT2D eigenvalue weighted by molar-refractivity contribution is -0.137. The Bertz CT molecular complexity index is 943. The second-order valence-corrected chi connectivity index (χ2v) is 5.97. The Morgan fingerprint density at radius 1 is 1.08 bits per heavy atom. The van der Waals surface area contributed by atoms with Gasteiger partial charge >= 0.3 is 6.18 Å². The highest BCUT2D eigenvalue weighted by atomic mass is 19.4. The summed E-state index contributed by atoms with van der Waals surface area (Å²) in [4.78, 5) is 11.8. The van der Waals surface area contributed by atoms with E-state index in [0.717, 1.165) is 17.7 Å². The third-order valence-corrected chi connectivity index (χ3v) is 4.26. The van der Waals surface area contributed by atoms with Crippen molar-refractivity contribution in [1.29, 1.82) is 0 Å². The second kappa shape index (κ2) is 6.82. The number of rotatable bonds is 5. The molecule has 2 N–H and O–H groups in total. The van der Waals surface area contributed by atoms with Gasteiger partial charge in [-0.3, -0.25) is 4.79 Å². The molecule has 26 heavy (non-hydrogen) atoms. The average molecular weight is 364 g/mol. The molecule has 136 valence electrons. The summed E-state index contributed by atoms with van der Waals surface area (Å²) in [7, 11) is 0. The maximum absolute atomic E-state index is 12.8. The number of nitrogens with two attached hydrogens (primary N) is 1. The third kappa shape index (κ3) is 3.42. The van der Waals surface area contributed by atoms with Crippen molar-refractivity contribution in [3.8, 4) is 0 Å². The van der Waals surface area contributed by atoms with Gasteiger partial charge in [0.1, 0.15) is 6.67 Å². The number of aryl methyl sites for hydroxylation is 1. The Balaban J connectivity index is 2.04. The van der Waals surface area contributed by atoms with Gasteiger partial charge in [0.15, 0.2) is 0 Å². The molecule has 0 fully saturated rings. The van der Waals surface area contributed by atoms with Crippen molar-refractivity contribution in [2.75, 3.05) is 6.67 Å². The number of nitrogens with zero attached hydrogens (tertiary/aromatic N) is 1. The number of aromatic nitrogens is 1. The first-order valence-electron chi connectivity index (χ1n) is 7.94. The smallest absolute Gasteiger partial charge is 0.366 e. The number of carbonyl (C=O) groups is 1. The van der Waals surface area contributed by atoms with Gasteiger partial charge in [0.2, 0.25) is 0 Å². The van der Waals surface area contributed by atoms with Gasteiger partial charge in [-0.15, -0.1) is 0 Å². The maximum Gasteiger partial charge on any atom is 0.416 e. The molecule has 3 aromatic rings. The number of hydrogen-bond donors (Lipinski definition) is 1. The van der Waals surface area contributed by atoms with Gasteiger partial charge in [0.05, 0.1) is 17.7 Å². The minimum Gasteiger partial charge on any atom is -0.366 e. The molecule has 1 aromatic heterocycles. The molecule has 0 aliphatic heterocycles. The maximum atomic E-state index is 12.8. The van der Waals surface area contributed by atoms with Crippen LogP contribution in [-0.2, 0) is 19.1 Å². The normalized spacial score (nSPS) is 11.8. The quantitative estimate of drug-likeness (QED) is 0.674. The summed E-state index contributed by atoms with van der Waals surface area (Å²) < 4.78 is 52.4. The molecule has 3 nitrogen and oxygen atoms in total. The summed E-state index contributed by atoms with van der Waals surface area (Å²) in [6.45, 7) is -0.501. The summed E-state index contributed by atoms with van der Waals surface area (Å²) in [5, 5.41) is 0.605. The molecule has 0 bridgehead atoms. The van der Waals surface area contributed by atoms with Crippen LogP contribution in [0.2, 0.25) is 0 Å². The molecule has 0 saturated heterocycles. The van der Waals surface area contributed by atoms with Crippen LogP contribution in [-0.4, -0.2) is 17.1 Å². The van der Waals surface area contributed by atoms with Crippen LogP contribution in [0, 0.1) is 0 Å². The fourth-order valence-electron chi connectivity index (χ4n) is 3.07. The lowest BCUT2D eigenvalue weighted by atomic mass is 9.98. The fourth-order valence-corrected chi connectivity index (χ4v) is 3.07. The fraction of sp³-hybridized carbons (Fsp3) is 0.211. The van der Waals surface area contributed by atoms with Gasteiger partial charge in [-0.2, -0.15) is 13.2 Å². The van der Waals surface area contributed by atoms with E-state index in [2.05, 4.69) is 0 Å². The second-order valence-electron chi connectivity index (χ2n) is 5.97. The molecule has 1 heterocycles. The molecule has 1 amide bonds. The SMILES string of the molecule is NC(=O)c1cn(CCF)c2cccc(Cc3ccc(C(F)(F)F)cc3)c12. The number of primary amides is 1. The molecule has 0 radical (unpaired) electrons. The van der Waals surface area contributed by atoms with Gasteiger partial charge in [-0.25, -0.2) is 4.39 Å². The molecule has 0 aliphatic carbocycles. The van der Waals surface area contributed by atoms with E-state index >= 15 is 0 Å². The van der Waals surface area contributed by atoms with E-state index in [1.165, 1.54) is 18.3 Å². The number of amides is 1. The van der Waals surface area contributed by atoms with Crippen molar-refractivity contribution in [3.63, 3.8) is 0 Å². The lowest BCUT2D eigenvalue weighted by Crippen LogP contribution is -2.11. The Morgan fingerprint density at radius 2 is 1.77 bits per heavy atom. The molecule has 0 atom stereocenters. The summed E-state index contributed by atoms with van der Waals surface area (Å²) in [6.07, 6.45) is -2.54. The molecule has 0 saturated carbocycles. The van der Waals surface area contributed by atoms with Crippen molar-refractivity contribution in [3.05, 3.63) is 70.9 Å². The Hall–Kier alpha value is -2.83. The van der Waals surface area contributed by atoms with Gasteiger partial charge < -0.3 is 10.3 Å². The molecule has 0 unspecified atom stereocenters. The van der Waals surface area contributed by atoms with Crippen LogP contribution in [0.25, 0.3) is 10.9 Å². The predicted octanol–water partition coefficient (Wildman–Crippen LogP) is 4.32. The van der Waals surface area contributed by atoms with Gasteiger partial charge in [-0.05, 0) is 35.7 Å². The summed E-state index contributed by atoms with van der Waals surface area (Å²) in [5.74, 6) is -0.632. The van der Waals surface area contributed by atoms with E-state index in [1.807, 2.05) is 0 Å². The molecule has 3 rings (SSSR count). The number of alkyl halides is 4. The van der Waals surface area contributed by atoms with Crippen molar-refractivity contribution in [1.82, 2.24) is 4.57 Å². The molecular formula is C19H16F4N2O. The Labute approximate surface area is 147 Å².